The molecule has 0 bridgehead atoms. The van der Waals surface area contributed by atoms with E-state index in [9.17, 15) is 22.8 Å². The molecule has 2 heterocycles. The first-order chi connectivity index (χ1) is 26.2. The third-order valence-electron chi connectivity index (χ3n) is 10.3. The number of rotatable bonds is 12. The fraction of sp³-hybridized carbons (Fsp3) is 0.375. The van der Waals surface area contributed by atoms with Gasteiger partial charge in [0, 0.05) is 60.5 Å². The molecule has 1 aliphatic carbocycles. The Labute approximate surface area is 324 Å². The van der Waals surface area contributed by atoms with Crippen molar-refractivity contribution in [3.63, 3.8) is 0 Å². The molecular weight excluding hydrogens is 749 g/mol. The SMILES string of the molecule is CNS(=O)(=O)N1CCN(Cc2cccc(C(=O)Nc3sc4c(c3C(=O)Nc3cc(F)c(CCc5ccc(C(=O)OC)cc5)c(F)c3)CCCC4)c2)C(C)(C)C1. The number of carbonyl (C=O) groups excluding carboxylic acids is 3. The van der Waals surface area contributed by atoms with Crippen LogP contribution in [0.1, 0.15) is 84.9 Å². The van der Waals surface area contributed by atoms with Crippen LogP contribution in [-0.4, -0.2) is 74.7 Å². The molecule has 1 saturated heterocycles. The van der Waals surface area contributed by atoms with Crippen molar-refractivity contribution in [1.29, 1.82) is 0 Å². The number of nitrogens with zero attached hydrogens (tertiary/aromatic N) is 2. The number of hydrogen-bond donors (Lipinski definition) is 3. The molecule has 3 N–H and O–H groups in total. The molecule has 0 radical (unpaired) electrons. The van der Waals surface area contributed by atoms with Crippen molar-refractivity contribution in [2.24, 2.45) is 0 Å². The highest BCUT2D eigenvalue weighted by Crippen LogP contribution is 2.39. The zero-order valence-corrected chi connectivity index (χ0v) is 32.9. The van der Waals surface area contributed by atoms with Gasteiger partial charge in [0.05, 0.1) is 18.2 Å². The van der Waals surface area contributed by atoms with E-state index in [-0.39, 0.29) is 17.7 Å². The number of benzene rings is 3. The first kappa shape index (κ1) is 40.1. The van der Waals surface area contributed by atoms with E-state index in [2.05, 4.69) is 20.3 Å². The van der Waals surface area contributed by atoms with Crippen LogP contribution in [0.25, 0.3) is 0 Å². The monoisotopic (exact) mass is 793 g/mol. The lowest BCUT2D eigenvalue weighted by Gasteiger charge is -2.46. The molecular formula is C40H45F2N5O6S2. The van der Waals surface area contributed by atoms with Gasteiger partial charge in [-0.15, -0.1) is 11.3 Å². The Balaban J connectivity index is 1.15. The minimum Gasteiger partial charge on any atom is -0.465 e. The van der Waals surface area contributed by atoms with Gasteiger partial charge in [-0.05, 0) is 105 Å². The average molecular weight is 794 g/mol. The fourth-order valence-corrected chi connectivity index (χ4v) is 9.52. The van der Waals surface area contributed by atoms with Crippen LogP contribution >= 0.6 is 11.3 Å². The van der Waals surface area contributed by atoms with Crippen LogP contribution in [0.15, 0.2) is 60.7 Å². The van der Waals surface area contributed by atoms with E-state index in [1.54, 1.807) is 42.5 Å². The third kappa shape index (κ3) is 9.13. The van der Waals surface area contributed by atoms with Crippen LogP contribution in [0.2, 0.25) is 0 Å². The lowest BCUT2D eigenvalue weighted by atomic mass is 9.95. The summed E-state index contributed by atoms with van der Waals surface area (Å²) in [5, 5.41) is 6.00. The number of amides is 2. The van der Waals surface area contributed by atoms with Crippen LogP contribution in [0.5, 0.6) is 0 Å². The standard InChI is InChI=1S/C40H45F2N5O6S2/c1-40(2)24-47(55(51,52)43-3)19-18-46(40)23-26-8-7-9-28(20-26)36(48)45-38-35(31-10-5-6-11-34(31)54-38)37(49)44-29-21-32(41)30(33(42)22-29)17-14-25-12-15-27(16-13-25)39(50)53-4/h7-9,12-13,15-16,20-22,43H,5-6,10-11,14,17-19,23-24H2,1-4H3,(H,44,49)(H,45,48). The topological polar surface area (TPSA) is 137 Å². The smallest absolute Gasteiger partial charge is 0.337 e. The van der Waals surface area contributed by atoms with Crippen LogP contribution in [0.3, 0.4) is 0 Å². The van der Waals surface area contributed by atoms with Crippen molar-refractivity contribution in [2.75, 3.05) is 44.4 Å². The van der Waals surface area contributed by atoms with Crippen LogP contribution < -0.4 is 15.4 Å². The largest absolute Gasteiger partial charge is 0.465 e. The number of esters is 1. The molecule has 11 nitrogen and oxygen atoms in total. The van der Waals surface area contributed by atoms with Gasteiger partial charge < -0.3 is 15.4 Å². The molecule has 4 aromatic rings. The number of methoxy groups -OCH3 is 1. The summed E-state index contributed by atoms with van der Waals surface area (Å²) < 4.78 is 64.0. The number of aryl methyl sites for hydroxylation is 2. The second-order valence-electron chi connectivity index (χ2n) is 14.4. The maximum absolute atomic E-state index is 15.3. The number of carbonyl (C=O) groups is 3. The summed E-state index contributed by atoms with van der Waals surface area (Å²) in [6, 6.07) is 16.0. The summed E-state index contributed by atoms with van der Waals surface area (Å²) in [5.74, 6) is -3.03. The van der Waals surface area contributed by atoms with Gasteiger partial charge in [-0.1, -0.05) is 24.3 Å². The first-order valence-corrected chi connectivity index (χ1v) is 20.4. The molecule has 0 unspecified atom stereocenters. The number of thiophene rings is 1. The molecule has 2 amide bonds. The van der Waals surface area contributed by atoms with Gasteiger partial charge >= 0.3 is 5.97 Å². The average Bonchev–Trinajstić information content (AvgIpc) is 3.53. The number of hydrogen-bond acceptors (Lipinski definition) is 8. The lowest BCUT2D eigenvalue weighted by molar-refractivity contribution is 0.0469. The summed E-state index contributed by atoms with van der Waals surface area (Å²) in [6.07, 6.45) is 3.60. The molecule has 0 spiro atoms. The van der Waals surface area contributed by atoms with Gasteiger partial charge in [-0.3, -0.25) is 14.5 Å². The summed E-state index contributed by atoms with van der Waals surface area (Å²) in [7, 11) is -0.866. The molecule has 55 heavy (non-hydrogen) atoms. The predicted molar refractivity (Wildman–Crippen MR) is 209 cm³/mol. The highest BCUT2D eigenvalue weighted by atomic mass is 32.2. The van der Waals surface area contributed by atoms with Crippen molar-refractivity contribution in [2.45, 2.75) is 64.5 Å². The highest BCUT2D eigenvalue weighted by Gasteiger charge is 2.38. The minimum absolute atomic E-state index is 0.0424. The van der Waals surface area contributed by atoms with Gasteiger partial charge in [0.15, 0.2) is 0 Å². The van der Waals surface area contributed by atoms with E-state index in [1.807, 2.05) is 19.9 Å². The molecule has 1 fully saturated rings. The van der Waals surface area contributed by atoms with Gasteiger partial charge in [0.25, 0.3) is 22.0 Å². The van der Waals surface area contributed by atoms with Gasteiger partial charge in [-0.2, -0.15) is 12.7 Å². The van der Waals surface area contributed by atoms with Crippen molar-refractivity contribution < 1.29 is 36.3 Å². The second-order valence-corrected chi connectivity index (χ2v) is 17.4. The summed E-state index contributed by atoms with van der Waals surface area (Å²) >= 11 is 1.34. The maximum Gasteiger partial charge on any atom is 0.337 e. The van der Waals surface area contributed by atoms with Gasteiger partial charge in [-0.25, -0.2) is 18.3 Å². The zero-order valence-electron chi connectivity index (χ0n) is 31.3. The maximum atomic E-state index is 15.3. The van der Waals surface area contributed by atoms with Crippen molar-refractivity contribution >= 4 is 50.0 Å². The summed E-state index contributed by atoms with van der Waals surface area (Å²) in [6.45, 7) is 5.62. The molecule has 15 heteroatoms. The number of halogens is 2. The van der Waals surface area contributed by atoms with Crippen LogP contribution in [0, 0.1) is 11.6 Å². The Morgan fingerprint density at radius 3 is 2.25 bits per heavy atom. The van der Waals surface area contributed by atoms with E-state index < -0.39 is 45.2 Å². The Morgan fingerprint density at radius 2 is 1.58 bits per heavy atom. The molecule has 2 aliphatic rings. The van der Waals surface area contributed by atoms with E-state index in [1.165, 1.54) is 29.8 Å². The molecule has 6 rings (SSSR count). The van der Waals surface area contributed by atoms with Crippen molar-refractivity contribution in [3.8, 4) is 0 Å². The highest BCUT2D eigenvalue weighted by molar-refractivity contribution is 7.87. The molecule has 1 aromatic heterocycles. The minimum atomic E-state index is -3.55. The van der Waals surface area contributed by atoms with Gasteiger partial charge in [0.2, 0.25) is 0 Å². The van der Waals surface area contributed by atoms with Crippen LogP contribution in [-0.2, 0) is 47.2 Å². The Kier molecular flexibility index (Phi) is 12.2. The molecule has 3 aromatic carbocycles. The van der Waals surface area contributed by atoms with Crippen LogP contribution in [0.4, 0.5) is 19.5 Å². The number of ether oxygens (including phenoxy) is 1. The second kappa shape index (κ2) is 16.7. The third-order valence-corrected chi connectivity index (χ3v) is 13.0. The van der Waals surface area contributed by atoms with E-state index in [0.29, 0.717) is 60.7 Å². The molecule has 0 atom stereocenters. The van der Waals surface area contributed by atoms with E-state index in [4.69, 9.17) is 4.74 Å². The molecule has 292 valence electrons. The summed E-state index contributed by atoms with van der Waals surface area (Å²) in [5.41, 5.74) is 2.92. The first-order valence-electron chi connectivity index (χ1n) is 18.1. The lowest BCUT2D eigenvalue weighted by Crippen LogP contribution is -2.61. The normalized spacial score (nSPS) is 16.0. The van der Waals surface area contributed by atoms with Crippen molar-refractivity contribution in [3.05, 3.63) is 116 Å². The Hall–Kier alpha value is -4.54. The Bertz CT molecular complexity index is 2180. The zero-order chi connectivity index (χ0) is 39.5. The van der Waals surface area contributed by atoms with Gasteiger partial charge in [0.1, 0.15) is 16.6 Å². The number of fused-ring (bicyclic) bond motifs is 1. The Morgan fingerprint density at radius 1 is 0.873 bits per heavy atom. The predicted octanol–water partition coefficient (Wildman–Crippen LogP) is 6.34. The van der Waals surface area contributed by atoms with E-state index >= 15 is 8.78 Å². The van der Waals surface area contributed by atoms with Crippen molar-refractivity contribution in [1.82, 2.24) is 13.9 Å². The molecule has 1 aliphatic heterocycles. The summed E-state index contributed by atoms with van der Waals surface area (Å²) in [4.78, 5) is 42.5. The molecule has 0 saturated carbocycles. The number of anilines is 2. The number of nitrogens with one attached hydrogen (secondary N) is 3. The fourth-order valence-electron chi connectivity index (χ4n) is 7.18. The number of piperazine rings is 1. The quantitative estimate of drug-likeness (QED) is 0.143. The van der Waals surface area contributed by atoms with E-state index in [0.717, 1.165) is 53.0 Å².